The van der Waals surface area contributed by atoms with Crippen LogP contribution >= 0.6 is 22.7 Å². The van der Waals surface area contributed by atoms with Gasteiger partial charge in [-0.2, -0.15) is 14.6 Å². The molecule has 7 nitrogen and oxygen atoms in total. The van der Waals surface area contributed by atoms with E-state index in [1.54, 1.807) is 18.4 Å². The quantitative estimate of drug-likeness (QED) is 0.366. The van der Waals surface area contributed by atoms with Gasteiger partial charge in [-0.1, -0.05) is 35.6 Å². The monoisotopic (exact) mass is 483 g/mol. The van der Waals surface area contributed by atoms with Crippen molar-refractivity contribution in [1.82, 2.24) is 24.4 Å². The number of hydrogen-bond acceptors (Lipinski definition) is 7. The second-order valence-corrected chi connectivity index (χ2v) is 9.42. The van der Waals surface area contributed by atoms with Crippen molar-refractivity contribution in [1.29, 1.82) is 0 Å². The molecule has 0 spiro atoms. The Morgan fingerprint density at radius 2 is 1.79 bits per heavy atom. The molecule has 0 radical (unpaired) electrons. The summed E-state index contributed by atoms with van der Waals surface area (Å²) in [5, 5.41) is 11.3. The van der Waals surface area contributed by atoms with E-state index in [4.69, 9.17) is 9.84 Å². The number of thiazole rings is 1. The maximum Gasteiger partial charge on any atom is 0.291 e. The number of aromatic nitrogens is 5. The topological polar surface area (TPSA) is 74.3 Å². The van der Waals surface area contributed by atoms with E-state index in [2.05, 4.69) is 10.1 Å². The van der Waals surface area contributed by atoms with E-state index in [0.717, 1.165) is 33.1 Å². The summed E-state index contributed by atoms with van der Waals surface area (Å²) in [5.74, 6) is 1.26. The molecule has 0 saturated carbocycles. The highest BCUT2D eigenvalue weighted by Gasteiger charge is 2.15. The largest absolute Gasteiger partial charge is 0.497 e. The molecule has 0 atom stereocenters. The van der Waals surface area contributed by atoms with Crippen LogP contribution < -0.4 is 14.8 Å². The minimum absolute atomic E-state index is 0.197. The average Bonchev–Trinajstić information content (AvgIpc) is 3.66. The molecule has 0 N–H and O–H groups in total. The predicted molar refractivity (Wildman–Crippen MR) is 135 cm³/mol. The zero-order chi connectivity index (χ0) is 23.1. The fraction of sp³-hybridized carbons (Fsp3) is 0.0400. The molecular weight excluding hydrogens is 466 g/mol. The van der Waals surface area contributed by atoms with Crippen LogP contribution in [0.15, 0.2) is 83.1 Å². The highest BCUT2D eigenvalue weighted by atomic mass is 32.1. The van der Waals surface area contributed by atoms with Crippen molar-refractivity contribution in [2.75, 3.05) is 7.11 Å². The van der Waals surface area contributed by atoms with E-state index in [1.807, 2.05) is 89.1 Å². The molecule has 6 aromatic rings. The van der Waals surface area contributed by atoms with E-state index in [-0.39, 0.29) is 5.56 Å². The molecule has 0 unspecified atom stereocenters. The number of thiophene rings is 1. The summed E-state index contributed by atoms with van der Waals surface area (Å²) in [4.78, 5) is 19.3. The molecular formula is C25H17N5O2S2. The molecule has 166 valence electrons. The Morgan fingerprint density at radius 3 is 2.50 bits per heavy atom. The van der Waals surface area contributed by atoms with Crippen LogP contribution in [0.25, 0.3) is 38.7 Å². The Labute approximate surface area is 201 Å². The van der Waals surface area contributed by atoms with Crippen molar-refractivity contribution in [2.45, 2.75) is 0 Å². The summed E-state index contributed by atoms with van der Waals surface area (Å²) in [5.41, 5.74) is 3.27. The van der Waals surface area contributed by atoms with Crippen LogP contribution in [-0.4, -0.2) is 31.5 Å². The van der Waals surface area contributed by atoms with Crippen LogP contribution in [0, 0.1) is 0 Å². The van der Waals surface area contributed by atoms with Crippen molar-refractivity contribution in [3.8, 4) is 33.4 Å². The first kappa shape index (κ1) is 20.5. The summed E-state index contributed by atoms with van der Waals surface area (Å²) in [6.07, 6.45) is 3.82. The normalized spacial score (nSPS) is 12.0. The van der Waals surface area contributed by atoms with Crippen LogP contribution in [0.4, 0.5) is 0 Å². The molecule has 0 amide bonds. The third-order valence-corrected chi connectivity index (χ3v) is 7.17. The lowest BCUT2D eigenvalue weighted by Gasteiger charge is -1.99. The molecule has 0 fully saturated rings. The van der Waals surface area contributed by atoms with Gasteiger partial charge in [0, 0.05) is 17.3 Å². The van der Waals surface area contributed by atoms with Crippen molar-refractivity contribution < 1.29 is 4.74 Å². The summed E-state index contributed by atoms with van der Waals surface area (Å²) >= 11 is 2.93. The van der Waals surface area contributed by atoms with E-state index < -0.39 is 0 Å². The number of para-hydroxylation sites is 1. The lowest BCUT2D eigenvalue weighted by atomic mass is 10.2. The molecule has 0 saturated heterocycles. The van der Waals surface area contributed by atoms with E-state index in [1.165, 1.54) is 15.9 Å². The van der Waals surface area contributed by atoms with Crippen molar-refractivity contribution in [2.24, 2.45) is 0 Å². The van der Waals surface area contributed by atoms with Gasteiger partial charge in [-0.25, -0.2) is 4.68 Å². The van der Waals surface area contributed by atoms with Gasteiger partial charge in [0.15, 0.2) is 5.82 Å². The Bertz CT molecular complexity index is 1700. The fourth-order valence-electron chi connectivity index (χ4n) is 3.65. The Hall–Kier alpha value is -4.08. The summed E-state index contributed by atoms with van der Waals surface area (Å²) in [6, 6.07) is 21.4. The molecule has 9 heteroatoms. The predicted octanol–water partition coefficient (Wildman–Crippen LogP) is 4.29. The number of methoxy groups -OCH3 is 1. The van der Waals surface area contributed by atoms with E-state index >= 15 is 0 Å². The van der Waals surface area contributed by atoms with Gasteiger partial charge in [-0.3, -0.25) is 4.79 Å². The van der Waals surface area contributed by atoms with Crippen LogP contribution in [-0.2, 0) is 0 Å². The number of ether oxygens (including phenoxy) is 1. The lowest BCUT2D eigenvalue weighted by molar-refractivity contribution is 0.415. The van der Waals surface area contributed by atoms with E-state index in [9.17, 15) is 4.79 Å². The van der Waals surface area contributed by atoms with Crippen LogP contribution in [0.5, 0.6) is 5.75 Å². The van der Waals surface area contributed by atoms with Crippen molar-refractivity contribution >= 4 is 33.7 Å². The maximum absolute atomic E-state index is 13.1. The zero-order valence-corrected chi connectivity index (χ0v) is 19.6. The van der Waals surface area contributed by atoms with Crippen molar-refractivity contribution in [3.63, 3.8) is 0 Å². The smallest absolute Gasteiger partial charge is 0.291 e. The fourth-order valence-corrected chi connectivity index (χ4v) is 5.28. The third-order valence-electron chi connectivity index (χ3n) is 5.33. The Balaban J connectivity index is 1.45. The summed E-state index contributed by atoms with van der Waals surface area (Å²) < 4.78 is 8.96. The van der Waals surface area contributed by atoms with E-state index in [0.29, 0.717) is 15.3 Å². The SMILES string of the molecule is COc1ccc(-c2nc3s/c(=C/c4cn(-c5ccccc5)nc4-c4cccs4)c(=O)n3n2)cc1. The van der Waals surface area contributed by atoms with Gasteiger partial charge in [0.05, 0.1) is 22.2 Å². The summed E-state index contributed by atoms with van der Waals surface area (Å²) in [7, 11) is 1.62. The van der Waals surface area contributed by atoms with Gasteiger partial charge in [0.2, 0.25) is 4.96 Å². The molecule has 4 heterocycles. The van der Waals surface area contributed by atoms with Crippen molar-refractivity contribution in [3.05, 3.63) is 98.8 Å². The minimum atomic E-state index is -0.197. The van der Waals surface area contributed by atoms with Gasteiger partial charge in [-0.15, -0.1) is 16.4 Å². The molecule has 0 aliphatic carbocycles. The lowest BCUT2D eigenvalue weighted by Crippen LogP contribution is -2.23. The minimum Gasteiger partial charge on any atom is -0.497 e. The third kappa shape index (κ3) is 3.60. The summed E-state index contributed by atoms with van der Waals surface area (Å²) in [6.45, 7) is 0. The Morgan fingerprint density at radius 1 is 0.971 bits per heavy atom. The van der Waals surface area contributed by atoms with Gasteiger partial charge in [-0.05, 0) is 53.9 Å². The first-order valence-corrected chi connectivity index (χ1v) is 12.1. The molecule has 6 rings (SSSR count). The van der Waals surface area contributed by atoms with Gasteiger partial charge in [0.1, 0.15) is 11.4 Å². The van der Waals surface area contributed by atoms with Crippen LogP contribution in [0.3, 0.4) is 0 Å². The number of benzene rings is 2. The second kappa shape index (κ2) is 8.36. The average molecular weight is 484 g/mol. The zero-order valence-electron chi connectivity index (χ0n) is 18.0. The van der Waals surface area contributed by atoms with Crippen LogP contribution in [0.2, 0.25) is 0 Å². The number of fused-ring (bicyclic) bond motifs is 1. The van der Waals surface area contributed by atoms with Gasteiger partial charge in [0.25, 0.3) is 5.56 Å². The highest BCUT2D eigenvalue weighted by molar-refractivity contribution is 7.15. The molecule has 0 aliphatic rings. The Kier molecular flexibility index (Phi) is 5.05. The molecule has 0 bridgehead atoms. The number of rotatable bonds is 5. The molecule has 0 aliphatic heterocycles. The first-order chi connectivity index (χ1) is 16.7. The van der Waals surface area contributed by atoms with Gasteiger partial charge < -0.3 is 4.74 Å². The first-order valence-electron chi connectivity index (χ1n) is 10.4. The second-order valence-electron chi connectivity index (χ2n) is 7.46. The maximum atomic E-state index is 13.1. The standard InChI is InChI=1S/C25H17N5O2S2/c1-32-19-11-9-16(10-12-19)23-26-25-30(28-23)24(31)21(34-25)14-17-15-29(18-6-3-2-4-7-18)27-22(17)20-8-5-13-33-20/h2-15H,1H3/b21-14+. The highest BCUT2D eigenvalue weighted by Crippen LogP contribution is 2.28. The molecule has 4 aromatic heterocycles. The van der Waals surface area contributed by atoms with Crippen LogP contribution in [0.1, 0.15) is 5.56 Å². The molecule has 2 aromatic carbocycles. The number of nitrogens with zero attached hydrogens (tertiary/aromatic N) is 5. The van der Waals surface area contributed by atoms with Gasteiger partial charge >= 0.3 is 0 Å². The molecule has 34 heavy (non-hydrogen) atoms. The number of hydrogen-bond donors (Lipinski definition) is 0.